The molecule has 0 aromatic carbocycles. The first-order valence-corrected chi connectivity index (χ1v) is 8.77. The van der Waals surface area contributed by atoms with Gasteiger partial charge in [-0.25, -0.2) is 0 Å². The summed E-state index contributed by atoms with van der Waals surface area (Å²) in [7, 11) is 0. The number of piperidine rings is 1. The van der Waals surface area contributed by atoms with E-state index in [1.165, 1.54) is 25.7 Å². The normalized spacial score (nSPS) is 20.8. The molecule has 1 saturated heterocycles. The zero-order valence-corrected chi connectivity index (χ0v) is 14.5. The maximum Gasteiger partial charge on any atom is 0.234 e. The summed E-state index contributed by atoms with van der Waals surface area (Å²) in [5, 5.41) is 6.59. The lowest BCUT2D eigenvalue weighted by Crippen LogP contribution is -2.50. The van der Waals surface area contributed by atoms with Crippen LogP contribution in [0.2, 0.25) is 0 Å². The van der Waals surface area contributed by atoms with Crippen molar-refractivity contribution in [2.75, 3.05) is 26.2 Å². The van der Waals surface area contributed by atoms with Gasteiger partial charge in [0.05, 0.1) is 6.54 Å². The van der Waals surface area contributed by atoms with Crippen molar-refractivity contribution in [1.82, 2.24) is 15.5 Å². The smallest absolute Gasteiger partial charge is 0.234 e. The minimum Gasteiger partial charge on any atom is -0.353 e. The number of likely N-dealkylation sites (N-methyl/N-ethyl adjacent to an activating group) is 1. The lowest BCUT2D eigenvalue weighted by Gasteiger charge is -2.33. The highest BCUT2D eigenvalue weighted by Crippen LogP contribution is 2.10. The van der Waals surface area contributed by atoms with Gasteiger partial charge >= 0.3 is 0 Å². The summed E-state index contributed by atoms with van der Waals surface area (Å²) in [6, 6.07) is 0.810. The highest BCUT2D eigenvalue weighted by atomic mass is 16.2. The van der Waals surface area contributed by atoms with E-state index >= 15 is 0 Å². The molecule has 0 bridgehead atoms. The van der Waals surface area contributed by atoms with E-state index in [9.17, 15) is 4.79 Å². The van der Waals surface area contributed by atoms with Crippen molar-refractivity contribution in [2.24, 2.45) is 5.92 Å². The Bertz CT molecular complexity index is 288. The first kappa shape index (κ1) is 18.4. The maximum absolute atomic E-state index is 12.2. The van der Waals surface area contributed by atoms with Crippen molar-refractivity contribution in [3.63, 3.8) is 0 Å². The quantitative estimate of drug-likeness (QED) is 0.687. The van der Waals surface area contributed by atoms with Crippen LogP contribution in [-0.2, 0) is 4.79 Å². The van der Waals surface area contributed by atoms with Crippen LogP contribution in [-0.4, -0.2) is 49.1 Å². The monoisotopic (exact) mass is 297 g/mol. The molecule has 0 radical (unpaired) electrons. The highest BCUT2D eigenvalue weighted by molar-refractivity contribution is 5.78. The van der Waals surface area contributed by atoms with Crippen LogP contribution in [0.15, 0.2) is 0 Å². The SMILES string of the molecule is CCN(CC(=O)NC(C)CCCC(C)C)C1CCCNC1. The molecule has 124 valence electrons. The molecule has 0 aliphatic carbocycles. The van der Waals surface area contributed by atoms with Crippen LogP contribution in [0, 0.1) is 5.92 Å². The number of hydrogen-bond acceptors (Lipinski definition) is 3. The number of amides is 1. The van der Waals surface area contributed by atoms with Crippen LogP contribution in [0.5, 0.6) is 0 Å². The van der Waals surface area contributed by atoms with Gasteiger partial charge in [-0.2, -0.15) is 0 Å². The third kappa shape index (κ3) is 7.82. The van der Waals surface area contributed by atoms with Gasteiger partial charge < -0.3 is 10.6 Å². The van der Waals surface area contributed by atoms with E-state index in [0.29, 0.717) is 18.6 Å². The molecule has 1 aliphatic rings. The zero-order chi connectivity index (χ0) is 15.7. The number of nitrogens with zero attached hydrogens (tertiary/aromatic N) is 1. The van der Waals surface area contributed by atoms with Crippen LogP contribution in [0.3, 0.4) is 0 Å². The summed E-state index contributed by atoms with van der Waals surface area (Å²) in [5.74, 6) is 0.932. The minimum absolute atomic E-state index is 0.180. The summed E-state index contributed by atoms with van der Waals surface area (Å²) in [6.07, 6.45) is 5.95. The Kier molecular flexibility index (Phi) is 8.93. The molecular formula is C17H35N3O. The molecule has 1 heterocycles. The molecule has 2 N–H and O–H groups in total. The lowest BCUT2D eigenvalue weighted by atomic mass is 10.0. The van der Waals surface area contributed by atoms with Gasteiger partial charge in [-0.15, -0.1) is 0 Å². The molecule has 1 amide bonds. The van der Waals surface area contributed by atoms with Crippen molar-refractivity contribution in [3.05, 3.63) is 0 Å². The average Bonchev–Trinajstić information content (AvgIpc) is 2.45. The topological polar surface area (TPSA) is 44.4 Å². The third-order valence-corrected chi connectivity index (χ3v) is 4.37. The van der Waals surface area contributed by atoms with Crippen molar-refractivity contribution in [1.29, 1.82) is 0 Å². The predicted octanol–water partition coefficient (Wildman–Crippen LogP) is 2.39. The Balaban J connectivity index is 2.26. The Morgan fingerprint density at radius 1 is 1.33 bits per heavy atom. The van der Waals surface area contributed by atoms with E-state index in [2.05, 4.69) is 43.2 Å². The van der Waals surface area contributed by atoms with Gasteiger partial charge in [0.1, 0.15) is 0 Å². The van der Waals surface area contributed by atoms with Gasteiger partial charge in [-0.1, -0.05) is 33.6 Å². The number of carbonyl (C=O) groups excluding carboxylic acids is 1. The second-order valence-electron chi connectivity index (χ2n) is 6.86. The molecule has 0 aromatic heterocycles. The number of nitrogens with one attached hydrogen (secondary N) is 2. The average molecular weight is 297 g/mol. The van der Waals surface area contributed by atoms with Gasteiger partial charge in [-0.05, 0) is 45.2 Å². The maximum atomic E-state index is 12.2. The zero-order valence-electron chi connectivity index (χ0n) is 14.5. The van der Waals surface area contributed by atoms with E-state index in [0.717, 1.165) is 32.0 Å². The van der Waals surface area contributed by atoms with Crippen molar-refractivity contribution in [2.45, 2.75) is 71.9 Å². The van der Waals surface area contributed by atoms with Crippen molar-refractivity contribution >= 4 is 5.91 Å². The predicted molar refractivity (Wildman–Crippen MR) is 89.4 cm³/mol. The molecule has 2 atom stereocenters. The summed E-state index contributed by atoms with van der Waals surface area (Å²) in [5.41, 5.74) is 0. The van der Waals surface area contributed by atoms with Crippen LogP contribution >= 0.6 is 0 Å². The van der Waals surface area contributed by atoms with E-state index < -0.39 is 0 Å². The van der Waals surface area contributed by atoms with Crippen LogP contribution in [0.4, 0.5) is 0 Å². The third-order valence-electron chi connectivity index (χ3n) is 4.37. The lowest BCUT2D eigenvalue weighted by molar-refractivity contribution is -0.123. The number of carbonyl (C=O) groups is 1. The number of rotatable bonds is 9. The molecule has 0 spiro atoms. The minimum atomic E-state index is 0.180. The van der Waals surface area contributed by atoms with Crippen molar-refractivity contribution < 1.29 is 4.79 Å². The molecule has 4 nitrogen and oxygen atoms in total. The van der Waals surface area contributed by atoms with Gasteiger partial charge in [0.15, 0.2) is 0 Å². The molecular weight excluding hydrogens is 262 g/mol. The molecule has 1 fully saturated rings. The Morgan fingerprint density at radius 2 is 2.10 bits per heavy atom. The fourth-order valence-corrected chi connectivity index (χ4v) is 3.05. The molecule has 4 heteroatoms. The first-order valence-electron chi connectivity index (χ1n) is 8.77. The second-order valence-corrected chi connectivity index (χ2v) is 6.86. The fourth-order valence-electron chi connectivity index (χ4n) is 3.05. The van der Waals surface area contributed by atoms with E-state index in [1.807, 2.05) is 0 Å². The largest absolute Gasteiger partial charge is 0.353 e. The Morgan fingerprint density at radius 3 is 2.67 bits per heavy atom. The molecule has 2 unspecified atom stereocenters. The molecule has 0 saturated carbocycles. The van der Waals surface area contributed by atoms with Crippen LogP contribution in [0.1, 0.15) is 59.8 Å². The van der Waals surface area contributed by atoms with Gasteiger partial charge in [0, 0.05) is 18.6 Å². The number of hydrogen-bond donors (Lipinski definition) is 2. The Hall–Kier alpha value is -0.610. The second kappa shape index (κ2) is 10.2. The van der Waals surface area contributed by atoms with Gasteiger partial charge in [0.25, 0.3) is 0 Å². The van der Waals surface area contributed by atoms with Crippen molar-refractivity contribution in [3.8, 4) is 0 Å². The Labute approximate surface area is 131 Å². The van der Waals surface area contributed by atoms with E-state index in [-0.39, 0.29) is 5.91 Å². The molecule has 21 heavy (non-hydrogen) atoms. The summed E-state index contributed by atoms with van der Waals surface area (Å²) >= 11 is 0. The highest BCUT2D eigenvalue weighted by Gasteiger charge is 2.21. The van der Waals surface area contributed by atoms with E-state index in [1.54, 1.807) is 0 Å². The van der Waals surface area contributed by atoms with Gasteiger partial charge in [0.2, 0.25) is 5.91 Å². The van der Waals surface area contributed by atoms with Gasteiger partial charge in [-0.3, -0.25) is 9.69 Å². The first-order chi connectivity index (χ1) is 10.0. The summed E-state index contributed by atoms with van der Waals surface area (Å²) < 4.78 is 0. The standard InChI is InChI=1S/C17H35N3O/c1-5-20(16-10-7-11-18-12-16)13-17(21)19-15(4)9-6-8-14(2)3/h14-16,18H,5-13H2,1-4H3,(H,19,21). The molecule has 1 rings (SSSR count). The van der Waals surface area contributed by atoms with Crippen LogP contribution in [0.25, 0.3) is 0 Å². The summed E-state index contributed by atoms with van der Waals surface area (Å²) in [4.78, 5) is 14.5. The summed E-state index contributed by atoms with van der Waals surface area (Å²) in [6.45, 7) is 12.4. The fraction of sp³-hybridized carbons (Fsp3) is 0.941. The molecule has 0 aromatic rings. The van der Waals surface area contributed by atoms with Crippen LogP contribution < -0.4 is 10.6 Å². The molecule has 1 aliphatic heterocycles. The van der Waals surface area contributed by atoms with E-state index in [4.69, 9.17) is 0 Å².